The van der Waals surface area contributed by atoms with Crippen LogP contribution < -0.4 is 0 Å². The second-order valence-corrected chi connectivity index (χ2v) is 4.36. The molecule has 0 aliphatic rings. The van der Waals surface area contributed by atoms with Crippen molar-refractivity contribution in [1.29, 1.82) is 0 Å². The van der Waals surface area contributed by atoms with E-state index in [1.54, 1.807) is 12.1 Å². The molecule has 2 aromatic carbocycles. The molecular formula is C13H9ClN2O2. The molecule has 1 heterocycles. The van der Waals surface area contributed by atoms with Gasteiger partial charge in [-0.25, -0.2) is 4.98 Å². The number of halogens is 1. The Morgan fingerprint density at radius 1 is 0.944 bits per heavy atom. The molecule has 0 aliphatic heterocycles. The first-order valence-electron chi connectivity index (χ1n) is 5.32. The lowest BCUT2D eigenvalue weighted by molar-refractivity contribution is 0.468. The monoisotopic (exact) mass is 260 g/mol. The normalized spacial score (nSPS) is 10.9. The number of imidazole rings is 1. The van der Waals surface area contributed by atoms with E-state index in [-0.39, 0.29) is 11.5 Å². The maximum absolute atomic E-state index is 9.70. The van der Waals surface area contributed by atoms with Crippen molar-refractivity contribution in [2.75, 3.05) is 0 Å². The Bertz CT molecular complexity index is 681. The third kappa shape index (κ3) is 1.67. The number of phenolic OH excluding ortho intramolecular Hbond substituents is 2. The molecule has 3 N–H and O–H groups in total. The summed E-state index contributed by atoms with van der Waals surface area (Å²) in [6.07, 6.45) is 0. The number of hydrogen-bond acceptors (Lipinski definition) is 3. The molecule has 1 aromatic heterocycles. The van der Waals surface area contributed by atoms with Gasteiger partial charge >= 0.3 is 0 Å². The summed E-state index contributed by atoms with van der Waals surface area (Å²) in [5.74, 6) is 0.647. The van der Waals surface area contributed by atoms with E-state index >= 15 is 0 Å². The zero-order valence-electron chi connectivity index (χ0n) is 9.18. The standard InChI is InChI=1S/C13H9ClN2O2/c14-8-3-1-7(2-4-8)13-15-11-9(17)5-6-10(18)12(11)16-13/h1-6,17-18H,(H,15,16). The Hall–Kier alpha value is -2.20. The molecule has 3 rings (SSSR count). The molecule has 0 radical (unpaired) electrons. The maximum Gasteiger partial charge on any atom is 0.143 e. The number of nitrogens with zero attached hydrogens (tertiary/aromatic N) is 1. The molecule has 0 spiro atoms. The summed E-state index contributed by atoms with van der Waals surface area (Å²) in [6, 6.07) is 9.96. The molecule has 0 aliphatic carbocycles. The van der Waals surface area contributed by atoms with Gasteiger partial charge in [0.05, 0.1) is 0 Å². The van der Waals surface area contributed by atoms with E-state index in [1.807, 2.05) is 12.1 Å². The number of benzene rings is 2. The van der Waals surface area contributed by atoms with Crippen molar-refractivity contribution in [3.05, 3.63) is 41.4 Å². The van der Waals surface area contributed by atoms with Crippen molar-refractivity contribution < 1.29 is 10.2 Å². The zero-order valence-corrected chi connectivity index (χ0v) is 9.94. The molecule has 4 nitrogen and oxygen atoms in total. The number of aromatic hydroxyl groups is 2. The highest BCUT2D eigenvalue weighted by atomic mass is 35.5. The van der Waals surface area contributed by atoms with Gasteiger partial charge in [-0.1, -0.05) is 11.6 Å². The molecule has 0 amide bonds. The van der Waals surface area contributed by atoms with Gasteiger partial charge in [0.1, 0.15) is 28.4 Å². The summed E-state index contributed by atoms with van der Waals surface area (Å²) in [5.41, 5.74) is 1.59. The van der Waals surface area contributed by atoms with Gasteiger partial charge in [0, 0.05) is 10.6 Å². The summed E-state index contributed by atoms with van der Waals surface area (Å²) in [7, 11) is 0. The van der Waals surface area contributed by atoms with Gasteiger partial charge in [-0.05, 0) is 36.4 Å². The van der Waals surface area contributed by atoms with Crippen LogP contribution >= 0.6 is 11.6 Å². The van der Waals surface area contributed by atoms with Gasteiger partial charge in [0.2, 0.25) is 0 Å². The van der Waals surface area contributed by atoms with Crippen LogP contribution in [0.2, 0.25) is 5.02 Å². The van der Waals surface area contributed by atoms with E-state index in [0.29, 0.717) is 21.9 Å². The Morgan fingerprint density at radius 3 is 2.28 bits per heavy atom. The van der Waals surface area contributed by atoms with Crippen LogP contribution in [0, 0.1) is 0 Å². The first-order chi connectivity index (χ1) is 8.65. The number of fused-ring (bicyclic) bond motifs is 1. The van der Waals surface area contributed by atoms with E-state index in [9.17, 15) is 10.2 Å². The van der Waals surface area contributed by atoms with E-state index in [2.05, 4.69) is 9.97 Å². The van der Waals surface area contributed by atoms with Crippen LogP contribution in [0.4, 0.5) is 0 Å². The van der Waals surface area contributed by atoms with Crippen molar-refractivity contribution in [1.82, 2.24) is 9.97 Å². The lowest BCUT2D eigenvalue weighted by atomic mass is 10.2. The summed E-state index contributed by atoms with van der Waals surface area (Å²) >= 11 is 5.82. The number of nitrogens with one attached hydrogen (secondary N) is 1. The van der Waals surface area contributed by atoms with Crippen molar-refractivity contribution in [2.24, 2.45) is 0 Å². The third-order valence-corrected chi connectivity index (χ3v) is 2.97. The van der Waals surface area contributed by atoms with Crippen LogP contribution in [-0.4, -0.2) is 20.2 Å². The minimum Gasteiger partial charge on any atom is -0.506 e. The van der Waals surface area contributed by atoms with Crippen LogP contribution in [0.3, 0.4) is 0 Å². The molecule has 90 valence electrons. The first kappa shape index (κ1) is 10.9. The van der Waals surface area contributed by atoms with Crippen LogP contribution in [-0.2, 0) is 0 Å². The smallest absolute Gasteiger partial charge is 0.143 e. The largest absolute Gasteiger partial charge is 0.506 e. The van der Waals surface area contributed by atoms with Crippen molar-refractivity contribution in [2.45, 2.75) is 0 Å². The fourth-order valence-electron chi connectivity index (χ4n) is 1.81. The summed E-state index contributed by atoms with van der Waals surface area (Å²) in [5, 5.41) is 20.0. The second kappa shape index (κ2) is 3.92. The number of H-pyrrole nitrogens is 1. The summed E-state index contributed by atoms with van der Waals surface area (Å²) in [4.78, 5) is 7.24. The highest BCUT2D eigenvalue weighted by Gasteiger charge is 2.11. The molecular weight excluding hydrogens is 252 g/mol. The fraction of sp³-hybridized carbons (Fsp3) is 0. The molecule has 0 atom stereocenters. The number of aromatic nitrogens is 2. The van der Waals surface area contributed by atoms with Crippen molar-refractivity contribution in [3.8, 4) is 22.9 Å². The fourth-order valence-corrected chi connectivity index (χ4v) is 1.93. The Morgan fingerprint density at radius 2 is 1.61 bits per heavy atom. The van der Waals surface area contributed by atoms with Crippen LogP contribution in [0.25, 0.3) is 22.4 Å². The van der Waals surface area contributed by atoms with E-state index in [1.165, 1.54) is 12.1 Å². The van der Waals surface area contributed by atoms with Crippen molar-refractivity contribution >= 4 is 22.6 Å². The molecule has 0 unspecified atom stereocenters. The van der Waals surface area contributed by atoms with E-state index in [4.69, 9.17) is 11.6 Å². The number of rotatable bonds is 1. The van der Waals surface area contributed by atoms with Gasteiger partial charge in [0.25, 0.3) is 0 Å². The average molecular weight is 261 g/mol. The Balaban J connectivity index is 2.22. The molecule has 0 bridgehead atoms. The molecule has 3 aromatic rings. The number of hydrogen-bond donors (Lipinski definition) is 3. The predicted octanol–water partition coefficient (Wildman–Crippen LogP) is 3.29. The number of aromatic amines is 1. The zero-order chi connectivity index (χ0) is 12.7. The van der Waals surface area contributed by atoms with Crippen molar-refractivity contribution in [3.63, 3.8) is 0 Å². The van der Waals surface area contributed by atoms with Gasteiger partial charge < -0.3 is 15.2 Å². The SMILES string of the molecule is Oc1ccc(O)c2[nH]c(-c3ccc(Cl)cc3)nc12. The lowest BCUT2D eigenvalue weighted by Gasteiger charge is -1.95. The van der Waals surface area contributed by atoms with Gasteiger partial charge in [-0.15, -0.1) is 0 Å². The summed E-state index contributed by atoms with van der Waals surface area (Å²) < 4.78 is 0. The molecule has 0 fully saturated rings. The van der Waals surface area contributed by atoms with Gasteiger partial charge in [-0.2, -0.15) is 0 Å². The van der Waals surface area contributed by atoms with Crippen LogP contribution in [0.15, 0.2) is 36.4 Å². The quantitative estimate of drug-likeness (QED) is 0.588. The second-order valence-electron chi connectivity index (χ2n) is 3.92. The van der Waals surface area contributed by atoms with E-state index in [0.717, 1.165) is 5.56 Å². The highest BCUT2D eigenvalue weighted by molar-refractivity contribution is 6.30. The first-order valence-corrected chi connectivity index (χ1v) is 5.69. The molecule has 5 heteroatoms. The predicted molar refractivity (Wildman–Crippen MR) is 69.9 cm³/mol. The average Bonchev–Trinajstić information content (AvgIpc) is 2.81. The van der Waals surface area contributed by atoms with Gasteiger partial charge in [-0.3, -0.25) is 0 Å². The Kier molecular flexibility index (Phi) is 2.38. The van der Waals surface area contributed by atoms with Crippen LogP contribution in [0.5, 0.6) is 11.5 Å². The number of phenols is 2. The van der Waals surface area contributed by atoms with Gasteiger partial charge in [0.15, 0.2) is 0 Å². The minimum absolute atomic E-state index is 0.0271. The lowest BCUT2D eigenvalue weighted by Crippen LogP contribution is -1.78. The molecule has 0 saturated heterocycles. The van der Waals surface area contributed by atoms with Crippen LogP contribution in [0.1, 0.15) is 0 Å². The summed E-state index contributed by atoms with van der Waals surface area (Å²) in [6.45, 7) is 0. The highest BCUT2D eigenvalue weighted by Crippen LogP contribution is 2.32. The third-order valence-electron chi connectivity index (χ3n) is 2.72. The molecule has 18 heavy (non-hydrogen) atoms. The maximum atomic E-state index is 9.70. The minimum atomic E-state index is 0.0271. The molecule has 0 saturated carbocycles. The van der Waals surface area contributed by atoms with E-state index < -0.39 is 0 Å². The Labute approximate surface area is 107 Å². The topological polar surface area (TPSA) is 69.1 Å².